The second-order valence-electron chi connectivity index (χ2n) is 14.6. The summed E-state index contributed by atoms with van der Waals surface area (Å²) in [6, 6.07) is 0. The maximum atomic E-state index is 12.7. The molecule has 0 N–H and O–H groups in total. The monoisotopic (exact) mass is 839 g/mol. The SMILES string of the molecule is CC\C=C/C=C\C=C/C=C\C=C/CCCC(=O)OCC(COC(=O)CCCCC/C=C\C/C=C\C/C=C\C/C=C\CC)OC(=O)CCCCCC/C=C\C/C=C\C/C=C\CC. The van der Waals surface area contributed by atoms with Crippen LogP contribution < -0.4 is 0 Å². The van der Waals surface area contributed by atoms with Gasteiger partial charge in [-0.25, -0.2) is 0 Å². The van der Waals surface area contributed by atoms with Crippen LogP contribution in [0.3, 0.4) is 0 Å². The number of carbonyl (C=O) groups is 3. The highest BCUT2D eigenvalue weighted by atomic mass is 16.6. The molecule has 61 heavy (non-hydrogen) atoms. The summed E-state index contributed by atoms with van der Waals surface area (Å²) >= 11 is 0. The maximum absolute atomic E-state index is 12.7. The molecule has 0 aromatic carbocycles. The van der Waals surface area contributed by atoms with Gasteiger partial charge in [-0.15, -0.1) is 0 Å². The average molecular weight is 839 g/mol. The molecule has 0 aliphatic heterocycles. The Kier molecular flexibility index (Phi) is 44.3. The zero-order valence-electron chi connectivity index (χ0n) is 38.4. The molecule has 0 fully saturated rings. The van der Waals surface area contributed by atoms with E-state index in [1.807, 2.05) is 54.7 Å². The minimum Gasteiger partial charge on any atom is -0.462 e. The van der Waals surface area contributed by atoms with Crippen LogP contribution in [0.2, 0.25) is 0 Å². The molecule has 0 bridgehead atoms. The van der Waals surface area contributed by atoms with Crippen molar-refractivity contribution in [3.63, 3.8) is 0 Å². The van der Waals surface area contributed by atoms with Crippen LogP contribution in [-0.2, 0) is 28.6 Å². The second-order valence-corrected chi connectivity index (χ2v) is 14.6. The van der Waals surface area contributed by atoms with E-state index in [4.69, 9.17) is 14.2 Å². The van der Waals surface area contributed by atoms with Crippen molar-refractivity contribution in [3.8, 4) is 0 Å². The first-order valence-corrected chi connectivity index (χ1v) is 23.4. The Balaban J connectivity index is 4.62. The maximum Gasteiger partial charge on any atom is 0.306 e. The molecule has 6 heteroatoms. The molecule has 338 valence electrons. The van der Waals surface area contributed by atoms with Gasteiger partial charge in [0, 0.05) is 19.3 Å². The van der Waals surface area contributed by atoms with Gasteiger partial charge in [-0.2, -0.15) is 0 Å². The molecule has 0 aliphatic carbocycles. The number of hydrogen-bond donors (Lipinski definition) is 0. The molecule has 0 aliphatic rings. The molecule has 0 aromatic heterocycles. The minimum absolute atomic E-state index is 0.133. The molecule has 0 saturated carbocycles. The van der Waals surface area contributed by atoms with Crippen LogP contribution in [0.15, 0.2) is 146 Å². The van der Waals surface area contributed by atoms with Gasteiger partial charge >= 0.3 is 17.9 Å². The first-order chi connectivity index (χ1) is 30.0. The fourth-order valence-electron chi connectivity index (χ4n) is 5.53. The van der Waals surface area contributed by atoms with E-state index in [0.29, 0.717) is 12.8 Å². The Hall–Kier alpha value is -4.71. The van der Waals surface area contributed by atoms with Crippen molar-refractivity contribution < 1.29 is 28.6 Å². The number of ether oxygens (including phenoxy) is 3. The largest absolute Gasteiger partial charge is 0.462 e. The second kappa shape index (κ2) is 48.0. The van der Waals surface area contributed by atoms with Crippen LogP contribution in [0.5, 0.6) is 0 Å². The molecule has 0 rings (SSSR count). The van der Waals surface area contributed by atoms with Crippen molar-refractivity contribution in [2.75, 3.05) is 13.2 Å². The van der Waals surface area contributed by atoms with Crippen LogP contribution >= 0.6 is 0 Å². The van der Waals surface area contributed by atoms with Gasteiger partial charge in [-0.05, 0) is 103 Å². The molecule has 0 radical (unpaired) electrons. The van der Waals surface area contributed by atoms with Gasteiger partial charge in [0.2, 0.25) is 0 Å². The molecule has 1 atom stereocenters. The fraction of sp³-hybridized carbons (Fsp3) is 0.509. The zero-order chi connectivity index (χ0) is 44.4. The van der Waals surface area contributed by atoms with Crippen molar-refractivity contribution >= 4 is 17.9 Å². The quantitative estimate of drug-likeness (QED) is 0.0202. The minimum atomic E-state index is -0.837. The van der Waals surface area contributed by atoms with Crippen LogP contribution in [0, 0.1) is 0 Å². The average Bonchev–Trinajstić information content (AvgIpc) is 3.26. The third-order valence-corrected chi connectivity index (χ3v) is 8.95. The van der Waals surface area contributed by atoms with E-state index < -0.39 is 6.10 Å². The van der Waals surface area contributed by atoms with E-state index in [-0.39, 0.29) is 44.0 Å². The fourth-order valence-corrected chi connectivity index (χ4v) is 5.53. The van der Waals surface area contributed by atoms with E-state index >= 15 is 0 Å². The Morgan fingerprint density at radius 3 is 1.16 bits per heavy atom. The van der Waals surface area contributed by atoms with Crippen molar-refractivity contribution in [2.24, 2.45) is 0 Å². The molecule has 1 unspecified atom stereocenters. The lowest BCUT2D eigenvalue weighted by Gasteiger charge is -2.18. The summed E-state index contributed by atoms with van der Waals surface area (Å²) in [7, 11) is 0. The Bertz CT molecular complexity index is 1430. The number of rotatable bonds is 39. The van der Waals surface area contributed by atoms with E-state index in [9.17, 15) is 14.4 Å². The van der Waals surface area contributed by atoms with Crippen molar-refractivity contribution in [3.05, 3.63) is 146 Å². The molecule has 0 spiro atoms. The summed E-state index contributed by atoms with van der Waals surface area (Å²) < 4.78 is 16.6. The Morgan fingerprint density at radius 1 is 0.344 bits per heavy atom. The Morgan fingerprint density at radius 2 is 0.689 bits per heavy atom. The highest BCUT2D eigenvalue weighted by molar-refractivity contribution is 5.71. The van der Waals surface area contributed by atoms with Crippen molar-refractivity contribution in [2.45, 2.75) is 168 Å². The van der Waals surface area contributed by atoms with Gasteiger partial charge in [0.1, 0.15) is 13.2 Å². The number of hydrogen-bond acceptors (Lipinski definition) is 6. The first kappa shape index (κ1) is 56.3. The summed E-state index contributed by atoms with van der Waals surface area (Å²) in [5, 5.41) is 0. The molecule has 0 aromatic rings. The van der Waals surface area contributed by atoms with Gasteiger partial charge in [-0.3, -0.25) is 14.4 Å². The topological polar surface area (TPSA) is 78.9 Å². The number of carbonyl (C=O) groups excluding carboxylic acids is 3. The van der Waals surface area contributed by atoms with Gasteiger partial charge in [0.05, 0.1) is 0 Å². The molecule has 0 heterocycles. The highest BCUT2D eigenvalue weighted by Gasteiger charge is 2.19. The molecular formula is C55H82O6. The number of esters is 3. The lowest BCUT2D eigenvalue weighted by atomic mass is 10.1. The van der Waals surface area contributed by atoms with Crippen LogP contribution in [0.4, 0.5) is 0 Å². The standard InChI is InChI=1S/C55H82O6/c1-4-7-10-13-16-19-22-25-27-28-31-33-36-39-42-45-48-54(57)60-51-52(50-59-53(56)47-44-41-38-35-32-29-24-21-18-15-12-9-6-3)61-55(58)49-46-43-40-37-34-30-26-23-20-17-14-11-8-5-2/h7-12,15-21,24-27,29-33,35,38,52H,4-6,13-14,22-23,28,34,36-37,39-51H2,1-3H3/b10-7-,11-8-,12-9-,18-15-,19-16-,20-17-,24-21-,27-25-,30-26-,32-29-,33-31-,38-35-. The predicted octanol–water partition coefficient (Wildman–Crippen LogP) is 15.3. The van der Waals surface area contributed by atoms with Crippen molar-refractivity contribution in [1.29, 1.82) is 0 Å². The van der Waals surface area contributed by atoms with Crippen LogP contribution in [-0.4, -0.2) is 37.2 Å². The van der Waals surface area contributed by atoms with Crippen LogP contribution in [0.25, 0.3) is 0 Å². The summed E-state index contributed by atoms with van der Waals surface area (Å²) in [4.78, 5) is 37.8. The highest BCUT2D eigenvalue weighted by Crippen LogP contribution is 2.11. The summed E-state index contributed by atoms with van der Waals surface area (Å²) in [6.45, 7) is 6.11. The normalized spacial score (nSPS) is 13.4. The molecule has 0 amide bonds. The molecule has 0 saturated heterocycles. The third-order valence-electron chi connectivity index (χ3n) is 8.95. The van der Waals surface area contributed by atoms with E-state index in [1.165, 1.54) is 0 Å². The van der Waals surface area contributed by atoms with E-state index in [1.54, 1.807) is 0 Å². The molecule has 6 nitrogen and oxygen atoms in total. The first-order valence-electron chi connectivity index (χ1n) is 23.4. The number of allylic oxidation sites excluding steroid dienone is 24. The van der Waals surface area contributed by atoms with E-state index in [0.717, 1.165) is 116 Å². The van der Waals surface area contributed by atoms with Crippen molar-refractivity contribution in [1.82, 2.24) is 0 Å². The smallest absolute Gasteiger partial charge is 0.306 e. The lowest BCUT2D eigenvalue weighted by Crippen LogP contribution is -2.30. The summed E-state index contributed by atoms with van der Waals surface area (Å²) in [5.74, 6) is -1.08. The van der Waals surface area contributed by atoms with Gasteiger partial charge in [0.25, 0.3) is 0 Å². The Labute approximate surface area is 372 Å². The lowest BCUT2D eigenvalue weighted by molar-refractivity contribution is -0.167. The predicted molar refractivity (Wildman–Crippen MR) is 260 cm³/mol. The van der Waals surface area contributed by atoms with Gasteiger partial charge in [-0.1, -0.05) is 186 Å². The summed E-state index contributed by atoms with van der Waals surface area (Å²) in [6.07, 6.45) is 68.4. The van der Waals surface area contributed by atoms with Gasteiger partial charge < -0.3 is 14.2 Å². The summed E-state index contributed by atoms with van der Waals surface area (Å²) in [5.41, 5.74) is 0. The van der Waals surface area contributed by atoms with Crippen LogP contribution in [0.1, 0.15) is 162 Å². The molecular weight excluding hydrogens is 757 g/mol. The van der Waals surface area contributed by atoms with E-state index in [2.05, 4.69) is 112 Å². The van der Waals surface area contributed by atoms with Gasteiger partial charge in [0.15, 0.2) is 6.10 Å². The third kappa shape index (κ3) is 46.2. The number of unbranched alkanes of at least 4 members (excludes halogenated alkanes) is 8. The zero-order valence-corrected chi connectivity index (χ0v) is 38.4.